The number of halogens is 2. The first-order valence-corrected chi connectivity index (χ1v) is 8.30. The molecule has 1 unspecified atom stereocenters. The molecule has 5 nitrogen and oxygen atoms in total. The van der Waals surface area contributed by atoms with Gasteiger partial charge in [-0.05, 0) is 42.5 Å². The van der Waals surface area contributed by atoms with E-state index in [1.807, 2.05) is 6.07 Å². The van der Waals surface area contributed by atoms with Crippen LogP contribution < -0.4 is 10.2 Å². The van der Waals surface area contributed by atoms with Gasteiger partial charge in [0, 0.05) is 23.7 Å². The maximum Gasteiger partial charge on any atom is 0.229 e. The Labute approximate surface area is 154 Å². The van der Waals surface area contributed by atoms with Crippen LogP contribution in [0.4, 0.5) is 11.4 Å². The average molecular weight is 374 g/mol. The van der Waals surface area contributed by atoms with E-state index in [9.17, 15) is 9.59 Å². The van der Waals surface area contributed by atoms with Crippen molar-refractivity contribution in [1.29, 1.82) is 5.26 Å². The first-order valence-electron chi connectivity index (χ1n) is 7.54. The molecule has 126 valence electrons. The lowest BCUT2D eigenvalue weighted by Gasteiger charge is -2.18. The van der Waals surface area contributed by atoms with Crippen molar-refractivity contribution < 1.29 is 9.59 Å². The summed E-state index contributed by atoms with van der Waals surface area (Å²) in [4.78, 5) is 26.2. The molecule has 1 heterocycles. The van der Waals surface area contributed by atoms with E-state index in [0.29, 0.717) is 27.0 Å². The molecule has 1 N–H and O–H groups in total. The Morgan fingerprint density at radius 1 is 1.20 bits per heavy atom. The molecule has 0 saturated carbocycles. The summed E-state index contributed by atoms with van der Waals surface area (Å²) in [7, 11) is 0. The van der Waals surface area contributed by atoms with Crippen molar-refractivity contribution in [2.24, 2.45) is 5.92 Å². The molecule has 1 atom stereocenters. The van der Waals surface area contributed by atoms with Gasteiger partial charge >= 0.3 is 0 Å². The highest BCUT2D eigenvalue weighted by molar-refractivity contribution is 6.36. The number of hydrogen-bond acceptors (Lipinski definition) is 3. The molecule has 0 aliphatic carbocycles. The van der Waals surface area contributed by atoms with E-state index in [4.69, 9.17) is 28.5 Å². The number of carbonyl (C=O) groups excluding carboxylic acids is 2. The van der Waals surface area contributed by atoms with Crippen molar-refractivity contribution in [2.45, 2.75) is 6.42 Å². The molecule has 1 saturated heterocycles. The van der Waals surface area contributed by atoms with E-state index >= 15 is 0 Å². The molecular formula is C18H13Cl2N3O2. The van der Waals surface area contributed by atoms with Crippen LogP contribution in [0.2, 0.25) is 10.0 Å². The zero-order valence-electron chi connectivity index (χ0n) is 13.0. The topological polar surface area (TPSA) is 73.2 Å². The second-order valence-corrected chi connectivity index (χ2v) is 6.52. The Balaban J connectivity index is 1.72. The number of carbonyl (C=O) groups is 2. The fourth-order valence-electron chi connectivity index (χ4n) is 2.68. The molecule has 0 bridgehead atoms. The normalized spacial score (nSPS) is 16.6. The van der Waals surface area contributed by atoms with E-state index in [0.717, 1.165) is 0 Å². The predicted octanol–water partition coefficient (Wildman–Crippen LogP) is 3.86. The Morgan fingerprint density at radius 3 is 2.60 bits per heavy atom. The third-order valence-corrected chi connectivity index (χ3v) is 4.53. The third kappa shape index (κ3) is 3.76. The average Bonchev–Trinajstić information content (AvgIpc) is 2.99. The standard InChI is InChI=1S/C18H13Cl2N3O2/c19-13-3-6-15(20)16(8-13)23-10-12(7-17(23)24)18(25)22-14-4-1-11(9-21)2-5-14/h1-6,8,12H,7,10H2,(H,22,25). The Kier molecular flexibility index (Phi) is 4.93. The third-order valence-electron chi connectivity index (χ3n) is 3.98. The zero-order chi connectivity index (χ0) is 18.0. The molecule has 7 heteroatoms. The van der Waals surface area contributed by atoms with Gasteiger partial charge in [0.15, 0.2) is 0 Å². The molecule has 1 aliphatic heterocycles. The monoisotopic (exact) mass is 373 g/mol. The number of amides is 2. The fourth-order valence-corrected chi connectivity index (χ4v) is 3.07. The molecule has 0 spiro atoms. The number of hydrogen-bond donors (Lipinski definition) is 1. The van der Waals surface area contributed by atoms with E-state index in [2.05, 4.69) is 5.32 Å². The van der Waals surface area contributed by atoms with Crippen LogP contribution in [0.25, 0.3) is 0 Å². The minimum Gasteiger partial charge on any atom is -0.326 e. The van der Waals surface area contributed by atoms with Crippen molar-refractivity contribution in [3.63, 3.8) is 0 Å². The van der Waals surface area contributed by atoms with Crippen LogP contribution in [0.1, 0.15) is 12.0 Å². The summed E-state index contributed by atoms with van der Waals surface area (Å²) in [5.74, 6) is -0.916. The molecule has 3 rings (SSSR count). The summed E-state index contributed by atoms with van der Waals surface area (Å²) < 4.78 is 0. The van der Waals surface area contributed by atoms with Crippen LogP contribution in [0, 0.1) is 17.2 Å². The van der Waals surface area contributed by atoms with Crippen molar-refractivity contribution in [2.75, 3.05) is 16.8 Å². The lowest BCUT2D eigenvalue weighted by molar-refractivity contribution is -0.122. The van der Waals surface area contributed by atoms with Crippen LogP contribution in [-0.2, 0) is 9.59 Å². The minimum atomic E-state index is -0.488. The highest BCUT2D eigenvalue weighted by atomic mass is 35.5. The summed E-state index contributed by atoms with van der Waals surface area (Å²) in [6.07, 6.45) is 0.102. The Morgan fingerprint density at radius 2 is 1.92 bits per heavy atom. The molecule has 0 aromatic heterocycles. The maximum atomic E-state index is 12.4. The van der Waals surface area contributed by atoms with Crippen LogP contribution in [0.5, 0.6) is 0 Å². The van der Waals surface area contributed by atoms with Crippen molar-refractivity contribution in [1.82, 2.24) is 0 Å². The van der Waals surface area contributed by atoms with Crippen molar-refractivity contribution in [3.05, 3.63) is 58.1 Å². The summed E-state index contributed by atoms with van der Waals surface area (Å²) in [6, 6.07) is 13.4. The largest absolute Gasteiger partial charge is 0.326 e. The van der Waals surface area contributed by atoms with E-state index in [-0.39, 0.29) is 24.8 Å². The zero-order valence-corrected chi connectivity index (χ0v) is 14.5. The van der Waals surface area contributed by atoms with Crippen molar-refractivity contribution in [3.8, 4) is 6.07 Å². The van der Waals surface area contributed by atoms with Gasteiger partial charge in [0.2, 0.25) is 11.8 Å². The van der Waals surface area contributed by atoms with Gasteiger partial charge < -0.3 is 10.2 Å². The number of nitrogens with one attached hydrogen (secondary N) is 1. The number of nitrogens with zero attached hydrogens (tertiary/aromatic N) is 2. The number of anilines is 2. The molecule has 25 heavy (non-hydrogen) atoms. The first-order chi connectivity index (χ1) is 12.0. The second-order valence-electron chi connectivity index (χ2n) is 5.68. The molecule has 2 aromatic rings. The van der Waals surface area contributed by atoms with Gasteiger partial charge in [-0.3, -0.25) is 9.59 Å². The van der Waals surface area contributed by atoms with E-state index in [1.165, 1.54) is 4.90 Å². The summed E-state index contributed by atoms with van der Waals surface area (Å²) in [5.41, 5.74) is 1.60. The minimum absolute atomic E-state index is 0.102. The lowest BCUT2D eigenvalue weighted by Crippen LogP contribution is -2.28. The van der Waals surface area contributed by atoms with Crippen LogP contribution in [0.15, 0.2) is 42.5 Å². The maximum absolute atomic E-state index is 12.4. The Hall–Kier alpha value is -2.55. The molecule has 2 aromatic carbocycles. The van der Waals surface area contributed by atoms with Gasteiger partial charge in [-0.1, -0.05) is 23.2 Å². The SMILES string of the molecule is N#Cc1ccc(NC(=O)C2CC(=O)N(c3cc(Cl)ccc3Cl)C2)cc1. The van der Waals surface area contributed by atoms with Gasteiger partial charge in [0.1, 0.15) is 0 Å². The predicted molar refractivity (Wildman–Crippen MR) is 96.7 cm³/mol. The molecule has 0 radical (unpaired) electrons. The van der Waals surface area contributed by atoms with Crippen molar-refractivity contribution >= 4 is 46.4 Å². The van der Waals surface area contributed by atoms with Gasteiger partial charge in [-0.2, -0.15) is 5.26 Å². The van der Waals surface area contributed by atoms with Crippen LogP contribution in [0.3, 0.4) is 0 Å². The number of benzene rings is 2. The van der Waals surface area contributed by atoms with Crippen LogP contribution in [-0.4, -0.2) is 18.4 Å². The summed E-state index contributed by atoms with van der Waals surface area (Å²) in [6.45, 7) is 0.237. The first kappa shape index (κ1) is 17.3. The second kappa shape index (κ2) is 7.14. The highest BCUT2D eigenvalue weighted by Gasteiger charge is 2.36. The smallest absolute Gasteiger partial charge is 0.229 e. The molecule has 2 amide bonds. The Bertz CT molecular complexity index is 875. The summed E-state index contributed by atoms with van der Waals surface area (Å²) in [5, 5.41) is 12.4. The van der Waals surface area contributed by atoms with E-state index in [1.54, 1.807) is 42.5 Å². The van der Waals surface area contributed by atoms with Crippen LogP contribution >= 0.6 is 23.2 Å². The number of nitriles is 1. The lowest BCUT2D eigenvalue weighted by atomic mass is 10.1. The quantitative estimate of drug-likeness (QED) is 0.887. The van der Waals surface area contributed by atoms with E-state index < -0.39 is 5.92 Å². The van der Waals surface area contributed by atoms with Gasteiger partial charge in [0.05, 0.1) is 28.3 Å². The number of rotatable bonds is 3. The van der Waals surface area contributed by atoms with Gasteiger partial charge in [-0.25, -0.2) is 0 Å². The highest BCUT2D eigenvalue weighted by Crippen LogP contribution is 2.33. The fraction of sp³-hybridized carbons (Fsp3) is 0.167. The molecule has 1 fully saturated rings. The van der Waals surface area contributed by atoms with Gasteiger partial charge in [-0.15, -0.1) is 0 Å². The summed E-state index contributed by atoms with van der Waals surface area (Å²) >= 11 is 12.1. The molecule has 1 aliphatic rings. The molecular weight excluding hydrogens is 361 g/mol. The van der Waals surface area contributed by atoms with Gasteiger partial charge in [0.25, 0.3) is 0 Å².